The van der Waals surface area contributed by atoms with E-state index in [4.69, 9.17) is 5.73 Å². The minimum absolute atomic E-state index is 0.529. The molecule has 0 aromatic heterocycles. The summed E-state index contributed by atoms with van der Waals surface area (Å²) in [4.78, 5) is 7.11. The number of nitrogens with zero attached hydrogens (tertiary/aromatic N) is 2. The van der Waals surface area contributed by atoms with Crippen LogP contribution in [0, 0.1) is 5.92 Å². The van der Waals surface area contributed by atoms with Gasteiger partial charge in [-0.2, -0.15) is 0 Å². The van der Waals surface area contributed by atoms with E-state index in [0.717, 1.165) is 25.3 Å². The second kappa shape index (κ2) is 8.43. The fraction of sp³-hybridized carbons (Fsp3) is 0.667. The van der Waals surface area contributed by atoms with Crippen molar-refractivity contribution < 1.29 is 0 Å². The van der Waals surface area contributed by atoms with E-state index in [1.165, 1.54) is 11.3 Å². The molecule has 1 aliphatic rings. The fourth-order valence-electron chi connectivity index (χ4n) is 2.28. The van der Waals surface area contributed by atoms with Gasteiger partial charge in [-0.15, -0.1) is 11.8 Å². The van der Waals surface area contributed by atoms with Crippen LogP contribution in [0.3, 0.4) is 0 Å². The molecule has 1 heterocycles. The Balaban J connectivity index is 2.56. The first kappa shape index (κ1) is 16.3. The van der Waals surface area contributed by atoms with E-state index in [1.54, 1.807) is 18.0 Å². The summed E-state index contributed by atoms with van der Waals surface area (Å²) in [7, 11) is 0. The molecule has 19 heavy (non-hydrogen) atoms. The summed E-state index contributed by atoms with van der Waals surface area (Å²) in [5, 5.41) is 1.95. The van der Waals surface area contributed by atoms with Gasteiger partial charge < -0.3 is 5.73 Å². The van der Waals surface area contributed by atoms with Crippen molar-refractivity contribution in [2.45, 2.75) is 40.2 Å². The van der Waals surface area contributed by atoms with Crippen LogP contribution in [-0.4, -0.2) is 36.0 Å². The number of hydrogen-bond donors (Lipinski definition) is 1. The molecule has 0 aromatic carbocycles. The quantitative estimate of drug-likeness (QED) is 0.779. The summed E-state index contributed by atoms with van der Waals surface area (Å²) < 4.78 is 0. The maximum absolute atomic E-state index is 5.36. The van der Waals surface area contributed by atoms with E-state index in [1.807, 2.05) is 5.41 Å². The van der Waals surface area contributed by atoms with Crippen LogP contribution in [-0.2, 0) is 0 Å². The molecule has 0 saturated heterocycles. The summed E-state index contributed by atoms with van der Waals surface area (Å²) in [6.45, 7) is 10.9. The minimum Gasteiger partial charge on any atom is -0.404 e. The Morgan fingerprint density at radius 3 is 2.95 bits per heavy atom. The monoisotopic (exact) mass is 281 g/mol. The molecule has 4 heteroatoms. The zero-order valence-electron chi connectivity index (χ0n) is 12.6. The summed E-state index contributed by atoms with van der Waals surface area (Å²) in [6.07, 6.45) is 4.84. The van der Waals surface area contributed by atoms with E-state index in [0.29, 0.717) is 12.0 Å². The van der Waals surface area contributed by atoms with E-state index in [9.17, 15) is 0 Å². The SMILES string of the molecule is CCN(CC1=C(C)CC(C)C=N1)C(C)CS/C=C\N. The van der Waals surface area contributed by atoms with Crippen LogP contribution in [0.15, 0.2) is 27.9 Å². The predicted octanol–water partition coefficient (Wildman–Crippen LogP) is 3.24. The normalized spacial score (nSPS) is 21.6. The zero-order valence-corrected chi connectivity index (χ0v) is 13.4. The maximum atomic E-state index is 5.36. The number of allylic oxidation sites excluding steroid dienone is 1. The maximum Gasteiger partial charge on any atom is 0.0529 e. The Morgan fingerprint density at radius 2 is 2.37 bits per heavy atom. The molecule has 0 aliphatic carbocycles. The van der Waals surface area contributed by atoms with Gasteiger partial charge in [0.25, 0.3) is 0 Å². The average molecular weight is 281 g/mol. The van der Waals surface area contributed by atoms with Crippen molar-refractivity contribution in [2.24, 2.45) is 16.6 Å². The van der Waals surface area contributed by atoms with Gasteiger partial charge in [0.15, 0.2) is 0 Å². The van der Waals surface area contributed by atoms with Gasteiger partial charge in [-0.05, 0) is 43.7 Å². The highest BCUT2D eigenvalue weighted by atomic mass is 32.2. The highest BCUT2D eigenvalue weighted by Crippen LogP contribution is 2.22. The smallest absolute Gasteiger partial charge is 0.0529 e. The zero-order chi connectivity index (χ0) is 14.3. The molecule has 2 unspecified atom stereocenters. The summed E-state index contributed by atoms with van der Waals surface area (Å²) in [5.74, 6) is 1.65. The number of thioether (sulfide) groups is 1. The predicted molar refractivity (Wildman–Crippen MR) is 87.5 cm³/mol. The first-order chi connectivity index (χ1) is 9.08. The molecule has 1 rings (SSSR count). The number of rotatable bonds is 7. The fourth-order valence-corrected chi connectivity index (χ4v) is 3.00. The molecule has 0 radical (unpaired) electrons. The van der Waals surface area contributed by atoms with E-state index >= 15 is 0 Å². The second-order valence-electron chi connectivity index (χ2n) is 5.26. The van der Waals surface area contributed by atoms with Gasteiger partial charge >= 0.3 is 0 Å². The first-order valence-corrected chi connectivity index (χ1v) is 8.08. The van der Waals surface area contributed by atoms with Crippen LogP contribution in [0.4, 0.5) is 0 Å². The van der Waals surface area contributed by atoms with Crippen LogP contribution < -0.4 is 5.73 Å². The molecular formula is C15H27N3S. The van der Waals surface area contributed by atoms with Crippen LogP contribution in [0.5, 0.6) is 0 Å². The minimum atomic E-state index is 0.529. The Hall–Kier alpha value is -0.740. The Labute approximate surface area is 122 Å². The topological polar surface area (TPSA) is 41.6 Å². The van der Waals surface area contributed by atoms with Gasteiger partial charge in [0.1, 0.15) is 0 Å². The summed E-state index contributed by atoms with van der Waals surface area (Å²) in [6, 6.07) is 0.529. The van der Waals surface area contributed by atoms with Crippen LogP contribution in [0.2, 0.25) is 0 Å². The Bertz CT molecular complexity index is 360. The highest BCUT2D eigenvalue weighted by molar-refractivity contribution is 8.02. The van der Waals surface area contributed by atoms with Crippen LogP contribution in [0.25, 0.3) is 0 Å². The van der Waals surface area contributed by atoms with Crippen LogP contribution >= 0.6 is 11.8 Å². The van der Waals surface area contributed by atoms with Crippen molar-refractivity contribution in [2.75, 3.05) is 18.8 Å². The van der Waals surface area contributed by atoms with E-state index in [-0.39, 0.29) is 0 Å². The lowest BCUT2D eigenvalue weighted by molar-refractivity contribution is 0.255. The van der Waals surface area contributed by atoms with Gasteiger partial charge in [-0.25, -0.2) is 0 Å². The van der Waals surface area contributed by atoms with Gasteiger partial charge in [-0.3, -0.25) is 9.89 Å². The lowest BCUT2D eigenvalue weighted by atomic mass is 9.99. The number of likely N-dealkylation sites (N-methyl/N-ethyl adjacent to an activating group) is 1. The summed E-state index contributed by atoms with van der Waals surface area (Å²) >= 11 is 1.77. The third kappa shape index (κ3) is 5.41. The van der Waals surface area contributed by atoms with Crippen molar-refractivity contribution in [1.82, 2.24) is 4.90 Å². The number of aliphatic imine (C=N–C) groups is 1. The molecule has 0 saturated carbocycles. The van der Waals surface area contributed by atoms with E-state index in [2.05, 4.69) is 43.8 Å². The molecule has 0 aromatic rings. The van der Waals surface area contributed by atoms with Crippen molar-refractivity contribution in [3.05, 3.63) is 22.9 Å². The molecule has 108 valence electrons. The molecule has 0 amide bonds. The molecule has 1 aliphatic heterocycles. The van der Waals surface area contributed by atoms with Crippen molar-refractivity contribution in [3.63, 3.8) is 0 Å². The summed E-state index contributed by atoms with van der Waals surface area (Å²) in [5.41, 5.74) is 8.06. The third-order valence-corrected chi connectivity index (χ3v) is 4.52. The van der Waals surface area contributed by atoms with Gasteiger partial charge in [0.2, 0.25) is 0 Å². The van der Waals surface area contributed by atoms with Crippen molar-refractivity contribution >= 4 is 18.0 Å². The van der Waals surface area contributed by atoms with Crippen LogP contribution in [0.1, 0.15) is 34.1 Å². The number of hydrogen-bond acceptors (Lipinski definition) is 4. The van der Waals surface area contributed by atoms with Gasteiger partial charge in [-0.1, -0.05) is 13.8 Å². The molecule has 3 nitrogen and oxygen atoms in total. The number of nitrogens with two attached hydrogens (primary N) is 1. The average Bonchev–Trinajstić information content (AvgIpc) is 2.38. The van der Waals surface area contributed by atoms with Crippen molar-refractivity contribution in [3.8, 4) is 0 Å². The molecular weight excluding hydrogens is 254 g/mol. The molecule has 0 fully saturated rings. The van der Waals surface area contributed by atoms with Crippen molar-refractivity contribution in [1.29, 1.82) is 0 Å². The highest BCUT2D eigenvalue weighted by Gasteiger charge is 2.17. The standard InChI is InChI=1S/C15H27N3S/c1-5-18(14(4)11-19-7-6-16)10-15-13(3)8-12(2)9-17-15/h6-7,9,12,14H,5,8,10-11,16H2,1-4H3/b7-6-. The van der Waals surface area contributed by atoms with E-state index < -0.39 is 0 Å². The first-order valence-electron chi connectivity index (χ1n) is 7.03. The van der Waals surface area contributed by atoms with Gasteiger partial charge in [0, 0.05) is 30.8 Å². The largest absolute Gasteiger partial charge is 0.404 e. The molecule has 2 N–H and O–H groups in total. The molecule has 2 atom stereocenters. The molecule has 0 bridgehead atoms. The lowest BCUT2D eigenvalue weighted by Gasteiger charge is -2.29. The Kier molecular flexibility index (Phi) is 7.24. The molecule has 0 spiro atoms. The second-order valence-corrected chi connectivity index (χ2v) is 6.20. The lowest BCUT2D eigenvalue weighted by Crippen LogP contribution is -2.36. The Morgan fingerprint density at radius 1 is 1.63 bits per heavy atom. The third-order valence-electron chi connectivity index (χ3n) is 3.50. The van der Waals surface area contributed by atoms with Gasteiger partial charge in [0.05, 0.1) is 5.70 Å².